The number of rotatable bonds is 5. The zero-order valence-corrected chi connectivity index (χ0v) is 16.7. The van der Waals surface area contributed by atoms with Crippen LogP contribution in [-0.4, -0.2) is 23.4 Å². The van der Waals surface area contributed by atoms with Crippen molar-refractivity contribution in [3.63, 3.8) is 0 Å². The van der Waals surface area contributed by atoms with Gasteiger partial charge in [0.05, 0.1) is 10.7 Å². The van der Waals surface area contributed by atoms with Gasteiger partial charge in [0.2, 0.25) is 11.8 Å². The molecule has 27 heavy (non-hydrogen) atoms. The summed E-state index contributed by atoms with van der Waals surface area (Å²) < 4.78 is 0. The summed E-state index contributed by atoms with van der Waals surface area (Å²) in [6.07, 6.45) is 7.53. The van der Waals surface area contributed by atoms with E-state index in [1.54, 1.807) is 12.1 Å². The lowest BCUT2D eigenvalue weighted by Gasteiger charge is -2.57. The van der Waals surface area contributed by atoms with E-state index >= 15 is 0 Å². The van der Waals surface area contributed by atoms with Crippen molar-refractivity contribution in [2.45, 2.75) is 64.0 Å². The van der Waals surface area contributed by atoms with Crippen molar-refractivity contribution in [1.29, 1.82) is 0 Å². The van der Waals surface area contributed by atoms with E-state index in [2.05, 4.69) is 16.0 Å². The summed E-state index contributed by atoms with van der Waals surface area (Å²) in [4.78, 5) is 24.0. The fraction of sp³-hybridized carbons (Fsp3) is 0.619. The lowest BCUT2D eigenvalue weighted by atomic mass is 9.53. The molecule has 1 aromatic carbocycles. The Bertz CT molecular complexity index is 729. The van der Waals surface area contributed by atoms with Gasteiger partial charge in [-0.3, -0.25) is 9.59 Å². The third kappa shape index (κ3) is 3.93. The minimum atomic E-state index is -0.347. The van der Waals surface area contributed by atoms with Crippen molar-refractivity contribution < 1.29 is 9.59 Å². The largest absolute Gasteiger partial charge is 0.374 e. The molecule has 0 saturated heterocycles. The molecule has 1 unspecified atom stereocenters. The van der Waals surface area contributed by atoms with Crippen LogP contribution in [0, 0.1) is 17.8 Å². The zero-order chi connectivity index (χ0) is 19.2. The van der Waals surface area contributed by atoms with E-state index in [-0.39, 0.29) is 23.4 Å². The Balaban J connectivity index is 1.38. The molecule has 0 aliphatic heterocycles. The highest BCUT2D eigenvalue weighted by molar-refractivity contribution is 6.34. The highest BCUT2D eigenvalue weighted by atomic mass is 35.5. The van der Waals surface area contributed by atoms with Gasteiger partial charge < -0.3 is 16.0 Å². The summed E-state index contributed by atoms with van der Waals surface area (Å²) >= 11 is 6.23. The Morgan fingerprint density at radius 1 is 1.11 bits per heavy atom. The Morgan fingerprint density at radius 2 is 1.70 bits per heavy atom. The third-order valence-electron chi connectivity index (χ3n) is 6.48. The fourth-order valence-electron chi connectivity index (χ4n) is 5.84. The van der Waals surface area contributed by atoms with Crippen LogP contribution in [0.25, 0.3) is 0 Å². The lowest BCUT2D eigenvalue weighted by Crippen LogP contribution is -2.61. The Morgan fingerprint density at radius 3 is 2.22 bits per heavy atom. The van der Waals surface area contributed by atoms with Crippen molar-refractivity contribution >= 4 is 34.8 Å². The van der Waals surface area contributed by atoms with Crippen LogP contribution in [0.4, 0.5) is 11.4 Å². The molecule has 6 heteroatoms. The summed E-state index contributed by atoms with van der Waals surface area (Å²) in [6.45, 7) is 3.32. The van der Waals surface area contributed by atoms with E-state index in [1.165, 1.54) is 26.2 Å². The molecule has 0 heterocycles. The Hall–Kier alpha value is -1.75. The van der Waals surface area contributed by atoms with Gasteiger partial charge >= 0.3 is 0 Å². The van der Waals surface area contributed by atoms with Crippen molar-refractivity contribution in [3.05, 3.63) is 23.2 Å². The van der Waals surface area contributed by atoms with Crippen LogP contribution in [0.1, 0.15) is 52.4 Å². The van der Waals surface area contributed by atoms with Gasteiger partial charge in [-0.1, -0.05) is 11.6 Å². The predicted molar refractivity (Wildman–Crippen MR) is 108 cm³/mol. The molecule has 1 atom stereocenters. The number of carbonyl (C=O) groups excluding carboxylic acids is 2. The number of anilines is 2. The number of nitrogens with one attached hydrogen (secondary N) is 3. The van der Waals surface area contributed by atoms with Crippen LogP contribution in [0.5, 0.6) is 0 Å². The number of amides is 2. The third-order valence-corrected chi connectivity index (χ3v) is 6.80. The molecule has 0 aromatic heterocycles. The highest BCUT2D eigenvalue weighted by Gasteiger charge is 2.51. The maximum atomic E-state index is 12.9. The van der Waals surface area contributed by atoms with Gasteiger partial charge in [0.25, 0.3) is 0 Å². The maximum Gasteiger partial charge on any atom is 0.242 e. The first-order chi connectivity index (χ1) is 12.8. The summed E-state index contributed by atoms with van der Waals surface area (Å²) in [5, 5.41) is 9.77. The minimum Gasteiger partial charge on any atom is -0.374 e. The highest BCUT2D eigenvalue weighted by Crippen LogP contribution is 2.55. The first-order valence-electron chi connectivity index (χ1n) is 9.97. The molecule has 0 radical (unpaired) electrons. The molecule has 5 rings (SSSR count). The second-order valence-electron chi connectivity index (χ2n) is 8.93. The second kappa shape index (κ2) is 7.01. The quantitative estimate of drug-likeness (QED) is 0.707. The van der Waals surface area contributed by atoms with Crippen LogP contribution < -0.4 is 16.0 Å². The molecular formula is C21H28ClN3O2. The van der Waals surface area contributed by atoms with E-state index < -0.39 is 0 Å². The van der Waals surface area contributed by atoms with Crippen molar-refractivity contribution in [3.8, 4) is 0 Å². The minimum absolute atomic E-state index is 0.0225. The molecule has 0 spiro atoms. The molecule has 4 fully saturated rings. The number of hydrogen-bond donors (Lipinski definition) is 3. The molecule has 4 saturated carbocycles. The van der Waals surface area contributed by atoms with Gasteiger partial charge in [-0.05, 0) is 81.4 Å². The van der Waals surface area contributed by atoms with Crippen molar-refractivity contribution in [2.24, 2.45) is 17.8 Å². The summed E-state index contributed by atoms with van der Waals surface area (Å²) in [5.74, 6) is 2.31. The maximum absolute atomic E-state index is 12.9. The average molecular weight is 390 g/mol. The molecule has 1 aromatic rings. The number of hydrogen-bond acceptors (Lipinski definition) is 3. The molecule has 4 aliphatic carbocycles. The summed E-state index contributed by atoms with van der Waals surface area (Å²) in [5.41, 5.74) is 1.36. The van der Waals surface area contributed by atoms with Gasteiger partial charge in [0.1, 0.15) is 6.04 Å². The van der Waals surface area contributed by atoms with Crippen molar-refractivity contribution in [1.82, 2.24) is 5.32 Å². The molecular weight excluding hydrogens is 362 g/mol. The van der Waals surface area contributed by atoms with Gasteiger partial charge in [-0.2, -0.15) is 0 Å². The van der Waals surface area contributed by atoms with Gasteiger partial charge in [0.15, 0.2) is 0 Å². The lowest BCUT2D eigenvalue weighted by molar-refractivity contribution is -0.127. The summed E-state index contributed by atoms with van der Waals surface area (Å²) in [6, 6.07) is 4.96. The first-order valence-corrected chi connectivity index (χ1v) is 10.4. The van der Waals surface area contributed by atoms with E-state index in [0.717, 1.165) is 42.7 Å². The van der Waals surface area contributed by atoms with Crippen LogP contribution in [0.2, 0.25) is 5.02 Å². The fourth-order valence-corrected chi connectivity index (χ4v) is 6.07. The second-order valence-corrected chi connectivity index (χ2v) is 9.34. The normalized spacial score (nSPS) is 32.0. The Kier molecular flexibility index (Phi) is 4.83. The molecule has 5 nitrogen and oxygen atoms in total. The monoisotopic (exact) mass is 389 g/mol. The van der Waals surface area contributed by atoms with Gasteiger partial charge in [-0.25, -0.2) is 0 Å². The molecule has 146 valence electrons. The van der Waals surface area contributed by atoms with E-state index in [9.17, 15) is 9.59 Å². The van der Waals surface area contributed by atoms with Crippen LogP contribution in [-0.2, 0) is 9.59 Å². The molecule has 3 N–H and O–H groups in total. The first kappa shape index (κ1) is 18.6. The standard InChI is InChI=1S/C21H28ClN3O2/c1-12(23-17-3-4-19(18(22)8-17)24-13(2)26)20(27)25-21-9-14-5-15(10-21)7-16(6-14)11-21/h3-4,8,12,14-16,23H,5-7,9-11H2,1-2H3,(H,24,26)(H,25,27). The number of halogens is 1. The van der Waals surface area contributed by atoms with Crippen molar-refractivity contribution in [2.75, 3.05) is 10.6 Å². The molecule has 4 aliphatic rings. The van der Waals surface area contributed by atoms with E-state index in [0.29, 0.717) is 10.7 Å². The zero-order valence-electron chi connectivity index (χ0n) is 16.0. The SMILES string of the molecule is CC(=O)Nc1ccc(NC(C)C(=O)NC23CC4CC(CC(C4)C2)C3)cc1Cl. The number of carbonyl (C=O) groups is 2. The predicted octanol–water partition coefficient (Wildman–Crippen LogP) is 4.18. The average Bonchev–Trinajstić information content (AvgIpc) is 2.55. The van der Waals surface area contributed by atoms with Gasteiger partial charge in [-0.15, -0.1) is 0 Å². The Labute approximate surface area is 165 Å². The van der Waals surface area contributed by atoms with E-state index in [1.807, 2.05) is 13.0 Å². The topological polar surface area (TPSA) is 70.2 Å². The molecule has 4 bridgehead atoms. The van der Waals surface area contributed by atoms with Crippen LogP contribution in [0.3, 0.4) is 0 Å². The molecule has 2 amide bonds. The number of benzene rings is 1. The van der Waals surface area contributed by atoms with Crippen LogP contribution >= 0.6 is 11.6 Å². The van der Waals surface area contributed by atoms with Gasteiger partial charge in [0, 0.05) is 18.2 Å². The van der Waals surface area contributed by atoms with Crippen LogP contribution in [0.15, 0.2) is 18.2 Å². The summed E-state index contributed by atoms with van der Waals surface area (Å²) in [7, 11) is 0. The smallest absolute Gasteiger partial charge is 0.242 e. The van der Waals surface area contributed by atoms with E-state index in [4.69, 9.17) is 11.6 Å².